The summed E-state index contributed by atoms with van der Waals surface area (Å²) in [4.78, 5) is 31.0. The molecule has 0 amide bonds. The van der Waals surface area contributed by atoms with Crippen LogP contribution in [0.25, 0.3) is 11.3 Å². The van der Waals surface area contributed by atoms with Crippen molar-refractivity contribution in [3.05, 3.63) is 51.8 Å². The molecule has 1 unspecified atom stereocenters. The zero-order valence-electron chi connectivity index (χ0n) is 18.5. The molecule has 164 valence electrons. The molecule has 6 nitrogen and oxygen atoms in total. The van der Waals surface area contributed by atoms with Crippen LogP contribution in [0.1, 0.15) is 35.7 Å². The molecule has 1 aliphatic carbocycles. The Balaban J connectivity index is 0.00000132. The van der Waals surface area contributed by atoms with Crippen LogP contribution >= 0.6 is 0 Å². The molecule has 1 aliphatic heterocycles. The molecule has 0 bridgehead atoms. The van der Waals surface area contributed by atoms with Gasteiger partial charge < -0.3 is 19.9 Å². The largest absolute Gasteiger partial charge is 0.477 e. The van der Waals surface area contributed by atoms with Crippen molar-refractivity contribution in [2.45, 2.75) is 32.2 Å². The number of anilines is 1. The smallest absolute Gasteiger partial charge is 0.341 e. The number of rotatable bonds is 5. The molecule has 2 N–H and O–H groups in total. The fraction of sp³-hybridized carbons (Fsp3) is 0.440. The number of hydrogen-bond acceptors (Lipinski definition) is 4. The van der Waals surface area contributed by atoms with Crippen molar-refractivity contribution >= 4 is 11.7 Å². The summed E-state index contributed by atoms with van der Waals surface area (Å²) in [5.41, 5.74) is 2.89. The fourth-order valence-corrected chi connectivity index (χ4v) is 5.20. The van der Waals surface area contributed by atoms with Crippen molar-refractivity contribution < 1.29 is 9.90 Å². The second-order valence-electron chi connectivity index (χ2n) is 8.56. The number of H-pyrrole nitrogens is 1. The highest BCUT2D eigenvalue weighted by Crippen LogP contribution is 2.41. The third-order valence-corrected chi connectivity index (χ3v) is 6.74. The molecule has 1 aromatic heterocycles. The van der Waals surface area contributed by atoms with Crippen LogP contribution < -0.4 is 10.5 Å². The number of fused-ring (bicyclic) bond motifs is 1. The number of carbonyl (C=O) groups is 1. The van der Waals surface area contributed by atoms with E-state index in [2.05, 4.69) is 53.9 Å². The number of aromatic carboxylic acids is 1. The maximum Gasteiger partial charge on any atom is 0.341 e. The molecule has 2 heterocycles. The van der Waals surface area contributed by atoms with E-state index in [0.29, 0.717) is 18.2 Å². The SMILES string of the molecule is C#C.CCc1cc(C(=O)O)c(=O)[nH]c1-c1ccc(N2CC3[C@H](CC[C@H]3N(C)C)C2)cc1. The minimum atomic E-state index is -1.20. The first-order chi connectivity index (χ1) is 14.9. The highest BCUT2D eigenvalue weighted by molar-refractivity contribution is 5.88. The monoisotopic (exact) mass is 421 g/mol. The van der Waals surface area contributed by atoms with Crippen LogP contribution in [0.5, 0.6) is 0 Å². The van der Waals surface area contributed by atoms with Gasteiger partial charge in [-0.1, -0.05) is 19.1 Å². The Morgan fingerprint density at radius 2 is 1.87 bits per heavy atom. The second-order valence-corrected chi connectivity index (χ2v) is 8.56. The van der Waals surface area contributed by atoms with E-state index in [1.165, 1.54) is 24.6 Å². The van der Waals surface area contributed by atoms with Crippen LogP contribution in [-0.4, -0.2) is 54.2 Å². The molecule has 4 rings (SSSR count). The summed E-state index contributed by atoms with van der Waals surface area (Å²) < 4.78 is 0. The maximum atomic E-state index is 12.1. The van der Waals surface area contributed by atoms with E-state index in [-0.39, 0.29) is 5.56 Å². The fourth-order valence-electron chi connectivity index (χ4n) is 5.20. The maximum absolute atomic E-state index is 12.1. The van der Waals surface area contributed by atoms with Crippen LogP contribution in [0, 0.1) is 24.7 Å². The number of benzene rings is 1. The van der Waals surface area contributed by atoms with Crippen molar-refractivity contribution in [2.75, 3.05) is 32.1 Å². The molecule has 2 fully saturated rings. The average molecular weight is 422 g/mol. The van der Waals surface area contributed by atoms with E-state index >= 15 is 0 Å². The molecule has 3 atom stereocenters. The molecular formula is C25H31N3O3. The molecule has 2 aromatic rings. The second kappa shape index (κ2) is 9.40. The molecule has 2 aliphatic rings. The van der Waals surface area contributed by atoms with Gasteiger partial charge in [0.1, 0.15) is 5.56 Å². The van der Waals surface area contributed by atoms with Crippen molar-refractivity contribution in [1.29, 1.82) is 0 Å². The normalized spacial score (nSPS) is 22.1. The molecule has 1 saturated carbocycles. The number of aryl methyl sites for hydroxylation is 1. The van der Waals surface area contributed by atoms with Gasteiger partial charge in [0.05, 0.1) is 5.69 Å². The van der Waals surface area contributed by atoms with Crippen molar-refractivity contribution in [3.8, 4) is 24.1 Å². The quantitative estimate of drug-likeness (QED) is 0.725. The predicted octanol–water partition coefficient (Wildman–Crippen LogP) is 3.33. The Kier molecular flexibility index (Phi) is 6.87. The van der Waals surface area contributed by atoms with E-state index in [1.54, 1.807) is 0 Å². The molecule has 0 radical (unpaired) electrons. The number of aromatic nitrogens is 1. The van der Waals surface area contributed by atoms with Gasteiger partial charge in [0.15, 0.2) is 0 Å². The van der Waals surface area contributed by atoms with Gasteiger partial charge >= 0.3 is 5.97 Å². The van der Waals surface area contributed by atoms with Gasteiger partial charge in [-0.2, -0.15) is 0 Å². The van der Waals surface area contributed by atoms with Crippen LogP contribution in [0.15, 0.2) is 35.1 Å². The lowest BCUT2D eigenvalue weighted by atomic mass is 9.97. The molecule has 31 heavy (non-hydrogen) atoms. The summed E-state index contributed by atoms with van der Waals surface area (Å²) in [5.74, 6) is 0.309. The van der Waals surface area contributed by atoms with E-state index in [9.17, 15) is 14.7 Å². The highest BCUT2D eigenvalue weighted by Gasteiger charge is 2.43. The Bertz CT molecular complexity index is 1010. The lowest BCUT2D eigenvalue weighted by Gasteiger charge is -2.27. The van der Waals surface area contributed by atoms with Crippen molar-refractivity contribution in [2.24, 2.45) is 11.8 Å². The summed E-state index contributed by atoms with van der Waals surface area (Å²) in [5, 5.41) is 9.20. The lowest BCUT2D eigenvalue weighted by molar-refractivity contribution is 0.0695. The number of pyridine rings is 1. The number of nitrogens with zero attached hydrogens (tertiary/aromatic N) is 2. The minimum absolute atomic E-state index is 0.207. The molecule has 1 saturated heterocycles. The number of terminal acetylenes is 1. The van der Waals surface area contributed by atoms with Gasteiger partial charge in [0, 0.05) is 24.8 Å². The summed E-state index contributed by atoms with van der Waals surface area (Å²) in [6, 6.07) is 10.4. The summed E-state index contributed by atoms with van der Waals surface area (Å²) in [6.07, 6.45) is 11.3. The third-order valence-electron chi connectivity index (χ3n) is 6.74. The van der Waals surface area contributed by atoms with Crippen molar-refractivity contribution in [1.82, 2.24) is 9.88 Å². The average Bonchev–Trinajstić information content (AvgIpc) is 3.35. The van der Waals surface area contributed by atoms with Gasteiger partial charge in [-0.15, -0.1) is 12.8 Å². The van der Waals surface area contributed by atoms with E-state index in [4.69, 9.17) is 0 Å². The number of carboxylic acid groups (broad SMARTS) is 1. The van der Waals surface area contributed by atoms with Crippen LogP contribution in [0.4, 0.5) is 5.69 Å². The van der Waals surface area contributed by atoms with Crippen LogP contribution in [0.3, 0.4) is 0 Å². The first kappa shape index (κ1) is 22.6. The minimum Gasteiger partial charge on any atom is -0.477 e. The molecule has 1 aromatic carbocycles. The number of hydrogen-bond donors (Lipinski definition) is 2. The number of aromatic amines is 1. The van der Waals surface area contributed by atoms with Gasteiger partial charge in [0.25, 0.3) is 5.56 Å². The van der Waals surface area contributed by atoms with Gasteiger partial charge in [-0.05, 0) is 74.5 Å². The Hall–Kier alpha value is -3.04. The third kappa shape index (κ3) is 4.38. The first-order valence-electron chi connectivity index (χ1n) is 10.7. The Labute approximate surface area is 183 Å². The highest BCUT2D eigenvalue weighted by atomic mass is 16.4. The van der Waals surface area contributed by atoms with Crippen molar-refractivity contribution in [3.63, 3.8) is 0 Å². The standard InChI is InChI=1S/C23H29N3O3.C2H2/c1-4-14-11-18(23(28)29)22(27)24-21(14)15-5-8-17(9-6-15)26-12-16-7-10-20(25(2)3)19(16)13-26;1-2/h5-6,8-9,11,16,19-20H,4,7,10,12-13H2,1-3H3,(H,24,27)(H,28,29);1-2H/t16-,19?,20-;/m1./s1. The summed E-state index contributed by atoms with van der Waals surface area (Å²) >= 11 is 0. The van der Waals surface area contributed by atoms with E-state index < -0.39 is 11.5 Å². The molecule has 0 spiro atoms. The van der Waals surface area contributed by atoms with E-state index in [1.807, 2.05) is 19.1 Å². The van der Waals surface area contributed by atoms with Gasteiger partial charge in [-0.25, -0.2) is 4.79 Å². The summed E-state index contributed by atoms with van der Waals surface area (Å²) in [6.45, 7) is 4.16. The lowest BCUT2D eigenvalue weighted by Crippen LogP contribution is -2.34. The first-order valence-corrected chi connectivity index (χ1v) is 10.7. The summed E-state index contributed by atoms with van der Waals surface area (Å²) in [7, 11) is 4.37. The topological polar surface area (TPSA) is 76.6 Å². The van der Waals surface area contributed by atoms with Crippen LogP contribution in [-0.2, 0) is 6.42 Å². The molecular weight excluding hydrogens is 390 g/mol. The predicted molar refractivity (Wildman–Crippen MR) is 125 cm³/mol. The zero-order valence-corrected chi connectivity index (χ0v) is 18.5. The van der Waals surface area contributed by atoms with Gasteiger partial charge in [-0.3, -0.25) is 4.79 Å². The van der Waals surface area contributed by atoms with Gasteiger partial charge in [0.2, 0.25) is 0 Å². The van der Waals surface area contributed by atoms with E-state index in [0.717, 1.165) is 36.1 Å². The number of carboxylic acids is 1. The number of nitrogens with one attached hydrogen (secondary N) is 1. The van der Waals surface area contributed by atoms with Crippen LogP contribution in [0.2, 0.25) is 0 Å². The zero-order chi connectivity index (χ0) is 22.7. The Morgan fingerprint density at radius 3 is 2.45 bits per heavy atom. The Morgan fingerprint density at radius 1 is 1.19 bits per heavy atom. The molecule has 6 heteroatoms.